The Morgan fingerprint density at radius 1 is 1.22 bits per heavy atom. The van der Waals surface area contributed by atoms with Crippen LogP contribution in [-0.4, -0.2) is 33.8 Å². The highest BCUT2D eigenvalue weighted by Crippen LogP contribution is 2.31. The Kier molecular flexibility index (Phi) is 4.81. The zero-order chi connectivity index (χ0) is 18.8. The molecule has 0 bridgehead atoms. The Balaban J connectivity index is 1.51. The van der Waals surface area contributed by atoms with Crippen molar-refractivity contribution in [2.24, 2.45) is 0 Å². The highest BCUT2D eigenvalue weighted by Gasteiger charge is 2.25. The molecule has 0 fully saturated rings. The third-order valence-electron chi connectivity index (χ3n) is 4.65. The van der Waals surface area contributed by atoms with Gasteiger partial charge in [0.15, 0.2) is 6.61 Å². The first-order valence-corrected chi connectivity index (χ1v) is 9.25. The van der Waals surface area contributed by atoms with E-state index in [1.807, 2.05) is 47.9 Å². The minimum atomic E-state index is -0.0784. The average molecular weight is 383 g/mol. The number of aromatic nitrogens is 3. The molecular weight excluding hydrogens is 364 g/mol. The van der Waals surface area contributed by atoms with E-state index in [1.54, 1.807) is 17.3 Å². The summed E-state index contributed by atoms with van der Waals surface area (Å²) < 4.78 is 7.76. The predicted molar refractivity (Wildman–Crippen MR) is 104 cm³/mol. The van der Waals surface area contributed by atoms with Gasteiger partial charge in [0.25, 0.3) is 5.91 Å². The number of fused-ring (bicyclic) bond motifs is 1. The maximum absolute atomic E-state index is 12.7. The van der Waals surface area contributed by atoms with Crippen molar-refractivity contribution < 1.29 is 9.53 Å². The molecule has 3 aromatic rings. The van der Waals surface area contributed by atoms with Crippen LogP contribution < -0.4 is 9.64 Å². The van der Waals surface area contributed by atoms with Crippen molar-refractivity contribution in [1.29, 1.82) is 0 Å². The average Bonchev–Trinajstić information content (AvgIpc) is 3.32. The summed E-state index contributed by atoms with van der Waals surface area (Å²) in [6, 6.07) is 13.2. The van der Waals surface area contributed by atoms with Gasteiger partial charge in [-0.05, 0) is 42.3 Å². The number of hydrogen-bond donors (Lipinski definition) is 0. The number of carbonyl (C=O) groups excluding carboxylic acids is 1. The van der Waals surface area contributed by atoms with Gasteiger partial charge in [0.05, 0.1) is 5.69 Å². The van der Waals surface area contributed by atoms with E-state index in [4.69, 9.17) is 16.3 Å². The number of rotatable bonds is 5. The van der Waals surface area contributed by atoms with Crippen molar-refractivity contribution in [1.82, 2.24) is 14.8 Å². The maximum Gasteiger partial charge on any atom is 0.264 e. The van der Waals surface area contributed by atoms with E-state index >= 15 is 0 Å². The third-order valence-corrected chi connectivity index (χ3v) is 4.88. The lowest BCUT2D eigenvalue weighted by Gasteiger charge is -2.19. The molecule has 2 aromatic carbocycles. The first-order chi connectivity index (χ1) is 13.2. The Hall–Kier alpha value is -2.86. The molecule has 1 amide bonds. The zero-order valence-corrected chi connectivity index (χ0v) is 15.7. The molecular formula is C20H19ClN4O2. The summed E-state index contributed by atoms with van der Waals surface area (Å²) in [5.74, 6) is 1.38. The van der Waals surface area contributed by atoms with Gasteiger partial charge in [-0.25, -0.2) is 0 Å². The molecule has 138 valence electrons. The SMILES string of the molecule is CCc1nncn1-c1ccccc1OCC(=O)N1CCc2cc(Cl)ccc21. The fourth-order valence-electron chi connectivity index (χ4n) is 3.33. The van der Waals surface area contributed by atoms with Gasteiger partial charge < -0.3 is 9.64 Å². The lowest BCUT2D eigenvalue weighted by molar-refractivity contribution is -0.120. The van der Waals surface area contributed by atoms with E-state index in [2.05, 4.69) is 10.2 Å². The molecule has 7 heteroatoms. The number of nitrogens with zero attached hydrogens (tertiary/aromatic N) is 4. The molecule has 6 nitrogen and oxygen atoms in total. The number of amides is 1. The van der Waals surface area contributed by atoms with Crippen LogP contribution in [0.5, 0.6) is 5.75 Å². The van der Waals surface area contributed by atoms with Crippen LogP contribution in [0.25, 0.3) is 5.69 Å². The summed E-state index contributed by atoms with van der Waals surface area (Å²) in [7, 11) is 0. The van der Waals surface area contributed by atoms with Crippen molar-refractivity contribution in [3.05, 3.63) is 65.2 Å². The number of carbonyl (C=O) groups is 1. The number of hydrogen-bond acceptors (Lipinski definition) is 4. The second-order valence-electron chi connectivity index (χ2n) is 6.30. The molecule has 0 spiro atoms. The van der Waals surface area contributed by atoms with Gasteiger partial charge in [0.2, 0.25) is 0 Å². The van der Waals surface area contributed by atoms with Gasteiger partial charge in [-0.3, -0.25) is 9.36 Å². The molecule has 1 aliphatic heterocycles. The quantitative estimate of drug-likeness (QED) is 0.678. The lowest BCUT2D eigenvalue weighted by Crippen LogP contribution is -2.33. The summed E-state index contributed by atoms with van der Waals surface area (Å²) in [6.45, 7) is 2.62. The molecule has 4 rings (SSSR count). The molecule has 0 N–H and O–H groups in total. The van der Waals surface area contributed by atoms with Gasteiger partial charge in [0.1, 0.15) is 17.9 Å². The minimum absolute atomic E-state index is 0.0390. The zero-order valence-electron chi connectivity index (χ0n) is 14.9. The van der Waals surface area contributed by atoms with Crippen LogP contribution in [0.2, 0.25) is 5.02 Å². The number of benzene rings is 2. The molecule has 0 radical (unpaired) electrons. The van der Waals surface area contributed by atoms with Crippen LogP contribution in [0.3, 0.4) is 0 Å². The number of anilines is 1. The minimum Gasteiger partial charge on any atom is -0.482 e. The Labute approximate surface area is 162 Å². The molecule has 2 heterocycles. The monoisotopic (exact) mass is 382 g/mol. The van der Waals surface area contributed by atoms with Crippen LogP contribution in [-0.2, 0) is 17.6 Å². The van der Waals surface area contributed by atoms with E-state index < -0.39 is 0 Å². The molecule has 27 heavy (non-hydrogen) atoms. The number of aryl methyl sites for hydroxylation is 1. The number of para-hydroxylation sites is 2. The first kappa shape index (κ1) is 17.5. The summed E-state index contributed by atoms with van der Waals surface area (Å²) in [4.78, 5) is 14.5. The van der Waals surface area contributed by atoms with E-state index in [0.29, 0.717) is 17.3 Å². The fraction of sp³-hybridized carbons (Fsp3) is 0.250. The van der Waals surface area contributed by atoms with E-state index in [9.17, 15) is 4.79 Å². The Morgan fingerprint density at radius 3 is 2.93 bits per heavy atom. The van der Waals surface area contributed by atoms with Crippen molar-refractivity contribution in [2.45, 2.75) is 19.8 Å². The molecule has 0 aliphatic carbocycles. The van der Waals surface area contributed by atoms with Crippen LogP contribution in [0.4, 0.5) is 5.69 Å². The van der Waals surface area contributed by atoms with Crippen molar-refractivity contribution >= 4 is 23.2 Å². The highest BCUT2D eigenvalue weighted by molar-refractivity contribution is 6.30. The van der Waals surface area contributed by atoms with Crippen LogP contribution in [0.15, 0.2) is 48.8 Å². The van der Waals surface area contributed by atoms with Crippen LogP contribution >= 0.6 is 11.6 Å². The standard InChI is InChI=1S/C20H19ClN4O2/c1-2-19-23-22-13-25(19)17-5-3-4-6-18(17)27-12-20(26)24-10-9-14-11-15(21)7-8-16(14)24/h3-8,11,13H,2,9-10,12H2,1H3. The highest BCUT2D eigenvalue weighted by atomic mass is 35.5. The largest absolute Gasteiger partial charge is 0.482 e. The van der Waals surface area contributed by atoms with Gasteiger partial charge in [0, 0.05) is 23.7 Å². The van der Waals surface area contributed by atoms with Crippen molar-refractivity contribution in [3.8, 4) is 11.4 Å². The Morgan fingerprint density at radius 2 is 2.07 bits per heavy atom. The topological polar surface area (TPSA) is 60.2 Å². The number of halogens is 1. The summed E-state index contributed by atoms with van der Waals surface area (Å²) in [5.41, 5.74) is 2.82. The molecule has 1 aliphatic rings. The van der Waals surface area contributed by atoms with Gasteiger partial charge >= 0.3 is 0 Å². The molecule has 0 saturated heterocycles. The first-order valence-electron chi connectivity index (χ1n) is 8.87. The van der Waals surface area contributed by atoms with Gasteiger partial charge in [-0.2, -0.15) is 0 Å². The molecule has 0 atom stereocenters. The van der Waals surface area contributed by atoms with Crippen molar-refractivity contribution in [3.63, 3.8) is 0 Å². The third kappa shape index (κ3) is 3.40. The molecule has 1 aromatic heterocycles. The Bertz CT molecular complexity index is 986. The summed E-state index contributed by atoms with van der Waals surface area (Å²) in [6.07, 6.45) is 3.21. The predicted octanol–water partition coefficient (Wildman–Crippen LogP) is 3.45. The lowest BCUT2D eigenvalue weighted by atomic mass is 10.2. The summed E-state index contributed by atoms with van der Waals surface area (Å²) in [5, 5.41) is 8.78. The smallest absolute Gasteiger partial charge is 0.264 e. The fourth-order valence-corrected chi connectivity index (χ4v) is 3.52. The summed E-state index contributed by atoms with van der Waals surface area (Å²) >= 11 is 6.04. The molecule has 0 saturated carbocycles. The maximum atomic E-state index is 12.7. The second-order valence-corrected chi connectivity index (χ2v) is 6.73. The van der Waals surface area contributed by atoms with Crippen LogP contribution in [0.1, 0.15) is 18.3 Å². The van der Waals surface area contributed by atoms with Gasteiger partial charge in [-0.15, -0.1) is 10.2 Å². The van der Waals surface area contributed by atoms with E-state index in [1.165, 1.54) is 0 Å². The van der Waals surface area contributed by atoms with Crippen molar-refractivity contribution in [2.75, 3.05) is 18.1 Å². The van der Waals surface area contributed by atoms with E-state index in [-0.39, 0.29) is 12.5 Å². The van der Waals surface area contributed by atoms with Gasteiger partial charge in [-0.1, -0.05) is 30.7 Å². The second kappa shape index (κ2) is 7.40. The molecule has 0 unspecified atom stereocenters. The number of ether oxygens (including phenoxy) is 1. The van der Waals surface area contributed by atoms with Crippen LogP contribution in [0, 0.1) is 0 Å². The normalized spacial score (nSPS) is 12.9. The van der Waals surface area contributed by atoms with E-state index in [0.717, 1.165) is 35.6 Å².